The van der Waals surface area contributed by atoms with E-state index in [0.29, 0.717) is 0 Å². The highest BCUT2D eigenvalue weighted by molar-refractivity contribution is 5.82. The van der Waals surface area contributed by atoms with Gasteiger partial charge in [0.15, 0.2) is 0 Å². The fourth-order valence-corrected chi connectivity index (χ4v) is 2.05. The van der Waals surface area contributed by atoms with Gasteiger partial charge in [-0.1, -0.05) is 0 Å². The van der Waals surface area contributed by atoms with Gasteiger partial charge in [-0.3, -0.25) is 4.90 Å². The van der Waals surface area contributed by atoms with Crippen molar-refractivity contribution in [1.29, 1.82) is 5.26 Å². The van der Waals surface area contributed by atoms with E-state index in [0.717, 1.165) is 0 Å². The van der Waals surface area contributed by atoms with Crippen LogP contribution >= 0.6 is 0 Å². The Balaban J connectivity index is 2.86. The molecule has 1 aliphatic heterocycles. The third kappa shape index (κ3) is 5.25. The minimum absolute atomic E-state index is 0.190. The zero-order chi connectivity index (χ0) is 16.4. The van der Waals surface area contributed by atoms with Crippen molar-refractivity contribution in [1.82, 2.24) is 4.90 Å². The second kappa shape index (κ2) is 5.92. The van der Waals surface area contributed by atoms with E-state index in [2.05, 4.69) is 6.07 Å². The molecule has 21 heavy (non-hydrogen) atoms. The Morgan fingerprint density at radius 3 is 2.05 bits per heavy atom. The van der Waals surface area contributed by atoms with E-state index in [1.165, 1.54) is 4.90 Å². The van der Waals surface area contributed by atoms with Crippen LogP contribution < -0.4 is 0 Å². The highest BCUT2D eigenvalue weighted by atomic mass is 16.6. The van der Waals surface area contributed by atoms with E-state index in [9.17, 15) is 9.59 Å². The molecule has 0 unspecified atom stereocenters. The Bertz CT molecular complexity index is 418. The standard InChI is InChI=1S/C15H24N2O4/c1-14(2,3)20-12(18)11-7-10(8-16)9-17(11)13(19)21-15(4,5)6/h10-11H,7,9H2,1-6H3/t10-,11+/m0/s1. The van der Waals surface area contributed by atoms with Crippen molar-refractivity contribution in [3.05, 3.63) is 0 Å². The minimum atomic E-state index is -0.760. The smallest absolute Gasteiger partial charge is 0.411 e. The number of nitriles is 1. The van der Waals surface area contributed by atoms with Gasteiger partial charge in [0.05, 0.1) is 12.0 Å². The monoisotopic (exact) mass is 296 g/mol. The molecule has 0 aromatic heterocycles. The van der Waals surface area contributed by atoms with E-state index in [1.54, 1.807) is 41.5 Å². The molecule has 0 aliphatic carbocycles. The number of esters is 1. The SMILES string of the molecule is CC(C)(C)OC(=O)[C@H]1C[C@@H](C#N)CN1C(=O)OC(C)(C)C. The normalized spacial score (nSPS) is 22.6. The van der Waals surface area contributed by atoms with E-state index in [-0.39, 0.29) is 18.9 Å². The first-order valence-electron chi connectivity index (χ1n) is 7.05. The molecular formula is C15H24N2O4. The highest BCUT2D eigenvalue weighted by Crippen LogP contribution is 2.27. The summed E-state index contributed by atoms with van der Waals surface area (Å²) in [6, 6.07) is 1.34. The first-order valence-corrected chi connectivity index (χ1v) is 7.05. The summed E-state index contributed by atoms with van der Waals surface area (Å²) in [6.07, 6.45) is -0.305. The number of likely N-dealkylation sites (tertiary alicyclic amines) is 1. The quantitative estimate of drug-likeness (QED) is 0.694. The molecule has 1 amide bonds. The van der Waals surface area contributed by atoms with Gasteiger partial charge in [-0.15, -0.1) is 0 Å². The van der Waals surface area contributed by atoms with Crippen molar-refractivity contribution in [2.75, 3.05) is 6.54 Å². The van der Waals surface area contributed by atoms with Gasteiger partial charge in [-0.25, -0.2) is 9.59 Å². The summed E-state index contributed by atoms with van der Waals surface area (Å²) in [4.78, 5) is 25.7. The van der Waals surface area contributed by atoms with Crippen LogP contribution in [0.25, 0.3) is 0 Å². The summed E-state index contributed by atoms with van der Waals surface area (Å²) in [5, 5.41) is 9.05. The van der Waals surface area contributed by atoms with Crippen LogP contribution in [0.2, 0.25) is 0 Å². The lowest BCUT2D eigenvalue weighted by atomic mass is 10.1. The third-order valence-corrected chi connectivity index (χ3v) is 2.79. The highest BCUT2D eigenvalue weighted by Gasteiger charge is 2.43. The van der Waals surface area contributed by atoms with Gasteiger partial charge < -0.3 is 9.47 Å². The molecule has 0 radical (unpaired) electrons. The van der Waals surface area contributed by atoms with Gasteiger partial charge in [0, 0.05) is 6.54 Å². The number of rotatable bonds is 1. The Morgan fingerprint density at radius 1 is 1.10 bits per heavy atom. The Labute approximate surface area is 126 Å². The van der Waals surface area contributed by atoms with Crippen LogP contribution in [-0.2, 0) is 14.3 Å². The topological polar surface area (TPSA) is 79.6 Å². The van der Waals surface area contributed by atoms with Crippen LogP contribution in [0.15, 0.2) is 0 Å². The van der Waals surface area contributed by atoms with Crippen molar-refractivity contribution in [2.45, 2.75) is 65.2 Å². The zero-order valence-electron chi connectivity index (χ0n) is 13.6. The molecule has 1 heterocycles. The Morgan fingerprint density at radius 2 is 1.62 bits per heavy atom. The number of hydrogen-bond acceptors (Lipinski definition) is 5. The molecule has 0 aromatic rings. The average Bonchev–Trinajstić information content (AvgIpc) is 2.68. The fourth-order valence-electron chi connectivity index (χ4n) is 2.05. The number of carbonyl (C=O) groups is 2. The van der Waals surface area contributed by atoms with Gasteiger partial charge in [0.25, 0.3) is 0 Å². The molecule has 1 saturated heterocycles. The third-order valence-electron chi connectivity index (χ3n) is 2.79. The van der Waals surface area contributed by atoms with E-state index in [4.69, 9.17) is 14.7 Å². The van der Waals surface area contributed by atoms with Crippen LogP contribution in [0.3, 0.4) is 0 Å². The summed E-state index contributed by atoms with van der Waals surface area (Å²) in [7, 11) is 0. The molecule has 1 fully saturated rings. The molecule has 118 valence electrons. The van der Waals surface area contributed by atoms with E-state index in [1.807, 2.05) is 0 Å². The largest absolute Gasteiger partial charge is 0.458 e. The number of nitrogens with zero attached hydrogens (tertiary/aromatic N) is 2. The molecule has 0 N–H and O–H groups in total. The Kier molecular flexibility index (Phi) is 4.87. The molecule has 0 spiro atoms. The minimum Gasteiger partial charge on any atom is -0.458 e. The summed E-state index contributed by atoms with van der Waals surface area (Å²) < 4.78 is 10.6. The predicted molar refractivity (Wildman–Crippen MR) is 76.3 cm³/mol. The summed E-state index contributed by atoms with van der Waals surface area (Å²) in [5.74, 6) is -0.874. The maximum atomic E-state index is 12.2. The fraction of sp³-hybridized carbons (Fsp3) is 0.800. The van der Waals surface area contributed by atoms with Crippen molar-refractivity contribution in [3.8, 4) is 6.07 Å². The maximum absolute atomic E-state index is 12.2. The first kappa shape index (κ1) is 17.3. The summed E-state index contributed by atoms with van der Waals surface area (Å²) in [5.41, 5.74) is -1.29. The van der Waals surface area contributed by atoms with Crippen molar-refractivity contribution in [2.24, 2.45) is 5.92 Å². The number of amides is 1. The van der Waals surface area contributed by atoms with Crippen molar-refractivity contribution in [3.63, 3.8) is 0 Å². The molecule has 2 atom stereocenters. The van der Waals surface area contributed by atoms with Gasteiger partial charge in [0.1, 0.15) is 17.2 Å². The number of carbonyl (C=O) groups excluding carboxylic acids is 2. The molecule has 1 rings (SSSR count). The van der Waals surface area contributed by atoms with Crippen LogP contribution in [-0.4, -0.2) is 40.8 Å². The van der Waals surface area contributed by atoms with Crippen LogP contribution in [0.5, 0.6) is 0 Å². The Hall–Kier alpha value is -1.77. The molecule has 6 nitrogen and oxygen atoms in total. The van der Waals surface area contributed by atoms with Gasteiger partial charge >= 0.3 is 12.1 Å². The lowest BCUT2D eigenvalue weighted by Crippen LogP contribution is -2.45. The molecule has 0 saturated carbocycles. The zero-order valence-corrected chi connectivity index (χ0v) is 13.6. The van der Waals surface area contributed by atoms with Gasteiger partial charge in [-0.05, 0) is 48.0 Å². The van der Waals surface area contributed by atoms with Gasteiger partial charge in [0.2, 0.25) is 0 Å². The summed E-state index contributed by atoms with van der Waals surface area (Å²) in [6.45, 7) is 10.7. The first-order chi connectivity index (χ1) is 9.43. The predicted octanol–water partition coefficient (Wildman–Crippen LogP) is 2.48. The van der Waals surface area contributed by atoms with Gasteiger partial charge in [-0.2, -0.15) is 5.26 Å². The molecule has 0 bridgehead atoms. The second-order valence-corrected chi connectivity index (χ2v) is 7.24. The van der Waals surface area contributed by atoms with E-state index >= 15 is 0 Å². The van der Waals surface area contributed by atoms with Crippen LogP contribution in [0, 0.1) is 17.2 Å². The summed E-state index contributed by atoms with van der Waals surface area (Å²) >= 11 is 0. The number of ether oxygens (including phenoxy) is 2. The molecular weight excluding hydrogens is 272 g/mol. The second-order valence-electron chi connectivity index (χ2n) is 7.24. The molecule has 1 aliphatic rings. The number of hydrogen-bond donors (Lipinski definition) is 0. The van der Waals surface area contributed by atoms with E-state index < -0.39 is 29.3 Å². The van der Waals surface area contributed by atoms with Crippen LogP contribution in [0.1, 0.15) is 48.0 Å². The van der Waals surface area contributed by atoms with Crippen molar-refractivity contribution >= 4 is 12.1 Å². The lowest BCUT2D eigenvalue weighted by molar-refractivity contribution is -0.160. The van der Waals surface area contributed by atoms with Crippen LogP contribution in [0.4, 0.5) is 4.79 Å². The maximum Gasteiger partial charge on any atom is 0.411 e. The molecule has 0 aromatic carbocycles. The van der Waals surface area contributed by atoms with Crippen molar-refractivity contribution < 1.29 is 19.1 Å². The lowest BCUT2D eigenvalue weighted by Gasteiger charge is -2.29. The average molecular weight is 296 g/mol. The molecule has 6 heteroatoms.